The Morgan fingerprint density at radius 2 is 2.40 bits per heavy atom. The quantitative estimate of drug-likeness (QED) is 0.552. The normalized spacial score (nSPS) is 16.3. The molecule has 0 saturated heterocycles. The highest BCUT2D eigenvalue weighted by Gasteiger charge is 2.23. The Bertz CT molecular complexity index is 374. The van der Waals surface area contributed by atoms with Crippen LogP contribution < -0.4 is 0 Å². The van der Waals surface area contributed by atoms with Crippen molar-refractivity contribution in [3.05, 3.63) is 21.9 Å². The van der Waals surface area contributed by atoms with Crippen LogP contribution in [0.2, 0.25) is 0 Å². The van der Waals surface area contributed by atoms with Crippen LogP contribution >= 0.6 is 0 Å². The third-order valence-electron chi connectivity index (χ3n) is 2.59. The lowest BCUT2D eigenvalue weighted by molar-refractivity contribution is -0.389. The summed E-state index contributed by atoms with van der Waals surface area (Å²) in [6.07, 6.45) is 1.11. The largest absolute Gasteiger partial charge is 0.390 e. The van der Waals surface area contributed by atoms with Crippen molar-refractivity contribution in [1.29, 1.82) is 0 Å². The highest BCUT2D eigenvalue weighted by molar-refractivity contribution is 5.22. The van der Waals surface area contributed by atoms with Gasteiger partial charge in [0.1, 0.15) is 0 Å². The van der Waals surface area contributed by atoms with Crippen LogP contribution in [0.4, 0.5) is 5.82 Å². The zero-order valence-corrected chi connectivity index (χ0v) is 8.72. The molecule has 1 aliphatic rings. The molecule has 0 N–H and O–H groups in total. The number of hydrogen-bond acceptors (Lipinski definition) is 4. The van der Waals surface area contributed by atoms with Gasteiger partial charge in [0, 0.05) is 13.1 Å². The fourth-order valence-electron chi connectivity index (χ4n) is 1.90. The molecule has 82 valence electrons. The Kier molecular flexibility index (Phi) is 2.68. The van der Waals surface area contributed by atoms with Gasteiger partial charge in [-0.2, -0.15) is 4.68 Å². The van der Waals surface area contributed by atoms with Crippen molar-refractivity contribution < 1.29 is 4.92 Å². The summed E-state index contributed by atoms with van der Waals surface area (Å²) < 4.78 is 1.74. The summed E-state index contributed by atoms with van der Waals surface area (Å²) in [4.78, 5) is 12.4. The number of nitrogens with zero attached hydrogens (tertiary/aromatic N) is 4. The molecule has 0 bridgehead atoms. The Balaban J connectivity index is 2.15. The molecule has 2 rings (SSSR count). The van der Waals surface area contributed by atoms with Gasteiger partial charge in [0.15, 0.2) is 0 Å². The van der Waals surface area contributed by atoms with Crippen molar-refractivity contribution in [2.24, 2.45) is 0 Å². The first kappa shape index (κ1) is 10.1. The Morgan fingerprint density at radius 1 is 1.60 bits per heavy atom. The Labute approximate surface area is 87.6 Å². The Hall–Kier alpha value is -1.43. The van der Waals surface area contributed by atoms with E-state index in [0.717, 1.165) is 38.3 Å². The molecule has 0 radical (unpaired) electrons. The lowest BCUT2D eigenvalue weighted by atomic mass is 10.3. The van der Waals surface area contributed by atoms with Crippen LogP contribution in [0.5, 0.6) is 0 Å². The molecule has 0 saturated carbocycles. The molecule has 0 amide bonds. The van der Waals surface area contributed by atoms with E-state index < -0.39 is 4.92 Å². The minimum atomic E-state index is -0.435. The SMILES string of the molecule is CCCN1CCn2nc([N+](=O)[O-])cc2C1. The van der Waals surface area contributed by atoms with Crippen LogP contribution in [0.25, 0.3) is 0 Å². The first-order valence-corrected chi connectivity index (χ1v) is 5.14. The highest BCUT2D eigenvalue weighted by Crippen LogP contribution is 2.17. The molecule has 6 nitrogen and oxygen atoms in total. The molecule has 15 heavy (non-hydrogen) atoms. The van der Waals surface area contributed by atoms with Crippen LogP contribution in [0, 0.1) is 10.1 Å². The maximum absolute atomic E-state index is 10.5. The van der Waals surface area contributed by atoms with Crippen molar-refractivity contribution in [2.45, 2.75) is 26.4 Å². The molecule has 2 heterocycles. The smallest absolute Gasteiger partial charge is 0.358 e. The maximum atomic E-state index is 10.5. The van der Waals surface area contributed by atoms with Crippen LogP contribution in [-0.4, -0.2) is 32.7 Å². The van der Waals surface area contributed by atoms with E-state index in [-0.39, 0.29) is 5.82 Å². The average Bonchev–Trinajstić information content (AvgIpc) is 2.61. The van der Waals surface area contributed by atoms with Gasteiger partial charge in [0.25, 0.3) is 0 Å². The molecule has 6 heteroatoms. The van der Waals surface area contributed by atoms with Gasteiger partial charge in [-0.15, -0.1) is 0 Å². The second-order valence-corrected chi connectivity index (χ2v) is 3.75. The van der Waals surface area contributed by atoms with Crippen molar-refractivity contribution in [3.63, 3.8) is 0 Å². The molecule has 1 aromatic heterocycles. The van der Waals surface area contributed by atoms with E-state index in [4.69, 9.17) is 0 Å². The zero-order valence-electron chi connectivity index (χ0n) is 8.72. The van der Waals surface area contributed by atoms with Crippen molar-refractivity contribution >= 4 is 5.82 Å². The summed E-state index contributed by atoms with van der Waals surface area (Å²) in [5.41, 5.74) is 0.946. The molecular formula is C9H14N4O2. The number of fused-ring (bicyclic) bond motifs is 1. The number of aromatic nitrogens is 2. The summed E-state index contributed by atoms with van der Waals surface area (Å²) in [5, 5.41) is 14.5. The van der Waals surface area contributed by atoms with Gasteiger partial charge in [-0.05, 0) is 17.9 Å². The van der Waals surface area contributed by atoms with Crippen molar-refractivity contribution in [1.82, 2.24) is 14.7 Å². The van der Waals surface area contributed by atoms with Crippen LogP contribution in [0.1, 0.15) is 19.0 Å². The molecule has 0 unspecified atom stereocenters. The second kappa shape index (κ2) is 3.98. The molecule has 1 aliphatic heterocycles. The van der Waals surface area contributed by atoms with Crippen LogP contribution in [-0.2, 0) is 13.1 Å². The minimum Gasteiger partial charge on any atom is -0.358 e. The molecule has 0 aromatic carbocycles. The van der Waals surface area contributed by atoms with E-state index >= 15 is 0 Å². The van der Waals surface area contributed by atoms with E-state index in [9.17, 15) is 10.1 Å². The van der Waals surface area contributed by atoms with E-state index in [0.29, 0.717) is 0 Å². The Morgan fingerprint density at radius 3 is 3.07 bits per heavy atom. The van der Waals surface area contributed by atoms with E-state index in [1.807, 2.05) is 0 Å². The summed E-state index contributed by atoms with van der Waals surface area (Å²) in [6.45, 7) is 5.63. The van der Waals surface area contributed by atoms with Crippen molar-refractivity contribution in [2.75, 3.05) is 13.1 Å². The third kappa shape index (κ3) is 1.99. The second-order valence-electron chi connectivity index (χ2n) is 3.75. The van der Waals surface area contributed by atoms with E-state index in [1.54, 1.807) is 10.7 Å². The summed E-state index contributed by atoms with van der Waals surface area (Å²) in [5.74, 6) is -0.0386. The van der Waals surface area contributed by atoms with Gasteiger partial charge in [0.05, 0.1) is 23.4 Å². The molecule has 0 atom stereocenters. The molecule has 1 aromatic rings. The minimum absolute atomic E-state index is 0.0386. The predicted molar refractivity (Wildman–Crippen MR) is 54.4 cm³/mol. The predicted octanol–water partition coefficient (Wildman–Crippen LogP) is 1.02. The van der Waals surface area contributed by atoms with Crippen LogP contribution in [0.15, 0.2) is 6.07 Å². The summed E-state index contributed by atoms with van der Waals surface area (Å²) >= 11 is 0. The molecular weight excluding hydrogens is 196 g/mol. The van der Waals surface area contributed by atoms with Gasteiger partial charge in [-0.1, -0.05) is 6.92 Å². The van der Waals surface area contributed by atoms with E-state index in [2.05, 4.69) is 16.9 Å². The first-order chi connectivity index (χ1) is 7.20. The van der Waals surface area contributed by atoms with Gasteiger partial charge < -0.3 is 10.1 Å². The highest BCUT2D eigenvalue weighted by atomic mass is 16.6. The van der Waals surface area contributed by atoms with Crippen molar-refractivity contribution in [3.8, 4) is 0 Å². The maximum Gasteiger partial charge on any atom is 0.390 e. The number of nitro groups is 1. The summed E-state index contributed by atoms with van der Waals surface area (Å²) in [6, 6.07) is 1.57. The molecule has 0 spiro atoms. The first-order valence-electron chi connectivity index (χ1n) is 5.14. The van der Waals surface area contributed by atoms with Gasteiger partial charge >= 0.3 is 5.82 Å². The zero-order chi connectivity index (χ0) is 10.8. The van der Waals surface area contributed by atoms with Gasteiger partial charge in [0.2, 0.25) is 0 Å². The lowest BCUT2D eigenvalue weighted by Crippen LogP contribution is -2.34. The fraction of sp³-hybridized carbons (Fsp3) is 0.667. The summed E-state index contributed by atoms with van der Waals surface area (Å²) in [7, 11) is 0. The van der Waals surface area contributed by atoms with Crippen LogP contribution in [0.3, 0.4) is 0 Å². The van der Waals surface area contributed by atoms with Gasteiger partial charge in [-0.3, -0.25) is 4.90 Å². The lowest BCUT2D eigenvalue weighted by Gasteiger charge is -2.24. The number of rotatable bonds is 3. The average molecular weight is 210 g/mol. The number of hydrogen-bond donors (Lipinski definition) is 0. The monoisotopic (exact) mass is 210 g/mol. The third-order valence-corrected chi connectivity index (χ3v) is 2.59. The van der Waals surface area contributed by atoms with E-state index in [1.165, 1.54) is 0 Å². The topological polar surface area (TPSA) is 64.2 Å². The molecule has 0 aliphatic carbocycles. The fourth-order valence-corrected chi connectivity index (χ4v) is 1.90. The standard InChI is InChI=1S/C9H14N4O2/c1-2-3-11-4-5-12-8(7-11)6-9(10-12)13(14)15/h6H,2-5,7H2,1H3. The molecule has 0 fully saturated rings. The van der Waals surface area contributed by atoms with Gasteiger partial charge in [-0.25, -0.2) is 0 Å².